The van der Waals surface area contributed by atoms with Gasteiger partial charge in [-0.25, -0.2) is 0 Å². The first-order valence-corrected chi connectivity index (χ1v) is 6.14. The largest absolute Gasteiger partial charge is 0.504 e. The first kappa shape index (κ1) is 14.4. The molecule has 5 heteroatoms. The van der Waals surface area contributed by atoms with Crippen LogP contribution in [0.4, 0.5) is 0 Å². The summed E-state index contributed by atoms with van der Waals surface area (Å²) in [5, 5.41) is 18.7. The first-order valence-electron chi connectivity index (χ1n) is 6.14. The van der Waals surface area contributed by atoms with E-state index >= 15 is 0 Å². The Balaban J connectivity index is 2.40. The molecule has 2 rings (SSSR count). The van der Waals surface area contributed by atoms with E-state index < -0.39 is 5.78 Å². The molecule has 1 heterocycles. The lowest BCUT2D eigenvalue weighted by atomic mass is 10.0. The number of hydrogen-bond donors (Lipinski definition) is 1. The normalized spacial score (nSPS) is 11.0. The highest BCUT2D eigenvalue weighted by atomic mass is 16.5. The van der Waals surface area contributed by atoms with Gasteiger partial charge in [0, 0.05) is 0 Å². The van der Waals surface area contributed by atoms with Crippen LogP contribution in [-0.4, -0.2) is 18.0 Å². The fraction of sp³-hybridized carbons (Fsp3) is 0.125. The van der Waals surface area contributed by atoms with Crippen molar-refractivity contribution in [1.29, 1.82) is 5.26 Å². The maximum absolute atomic E-state index is 12.3. The highest BCUT2D eigenvalue weighted by Gasteiger charge is 2.16. The monoisotopic (exact) mass is 283 g/mol. The third-order valence-electron chi connectivity index (χ3n) is 2.98. The molecule has 21 heavy (non-hydrogen) atoms. The van der Waals surface area contributed by atoms with E-state index in [1.807, 2.05) is 6.07 Å². The molecule has 0 saturated carbocycles. The third-order valence-corrected chi connectivity index (χ3v) is 2.98. The SMILES string of the molecule is COc1cc(/C=C(\C#N)C(=O)c2ccoc2C)ccc1O. The van der Waals surface area contributed by atoms with E-state index in [0.29, 0.717) is 16.9 Å². The van der Waals surface area contributed by atoms with Crippen LogP contribution in [0, 0.1) is 18.3 Å². The summed E-state index contributed by atoms with van der Waals surface area (Å²) in [4.78, 5) is 12.3. The molecule has 2 aromatic rings. The summed E-state index contributed by atoms with van der Waals surface area (Å²) in [6, 6.07) is 7.98. The number of Topliss-reactive ketones (excluding diaryl/α,β-unsaturated/α-hetero) is 1. The molecule has 1 aromatic heterocycles. The summed E-state index contributed by atoms with van der Waals surface area (Å²) in [5.41, 5.74) is 0.913. The zero-order chi connectivity index (χ0) is 15.4. The Hall–Kier alpha value is -3.00. The van der Waals surface area contributed by atoms with Crippen molar-refractivity contribution >= 4 is 11.9 Å². The number of carbonyl (C=O) groups excluding carboxylic acids is 1. The first-order chi connectivity index (χ1) is 10.1. The number of carbonyl (C=O) groups is 1. The highest BCUT2D eigenvalue weighted by molar-refractivity contribution is 6.14. The average molecular weight is 283 g/mol. The van der Waals surface area contributed by atoms with Gasteiger partial charge in [0.15, 0.2) is 11.5 Å². The number of aryl methyl sites for hydroxylation is 1. The van der Waals surface area contributed by atoms with Crippen molar-refractivity contribution < 1.29 is 19.1 Å². The van der Waals surface area contributed by atoms with Gasteiger partial charge in [0.1, 0.15) is 17.4 Å². The fourth-order valence-corrected chi connectivity index (χ4v) is 1.86. The Labute approximate surface area is 121 Å². The lowest BCUT2D eigenvalue weighted by Crippen LogP contribution is -2.02. The lowest BCUT2D eigenvalue weighted by Gasteiger charge is -2.04. The summed E-state index contributed by atoms with van der Waals surface area (Å²) < 4.78 is 10.1. The second-order valence-corrected chi connectivity index (χ2v) is 4.32. The van der Waals surface area contributed by atoms with Crippen molar-refractivity contribution in [1.82, 2.24) is 0 Å². The van der Waals surface area contributed by atoms with Crippen molar-refractivity contribution in [3.8, 4) is 17.6 Å². The number of benzene rings is 1. The number of phenols is 1. The van der Waals surface area contributed by atoms with Crippen LogP contribution in [0.3, 0.4) is 0 Å². The van der Waals surface area contributed by atoms with Gasteiger partial charge in [0.25, 0.3) is 0 Å². The van der Waals surface area contributed by atoms with Crippen LogP contribution in [0.2, 0.25) is 0 Å². The van der Waals surface area contributed by atoms with Gasteiger partial charge in [0.2, 0.25) is 5.78 Å². The lowest BCUT2D eigenvalue weighted by molar-refractivity contribution is 0.103. The quantitative estimate of drug-likeness (QED) is 0.529. The Bertz CT molecular complexity index is 750. The van der Waals surface area contributed by atoms with Gasteiger partial charge < -0.3 is 14.3 Å². The predicted molar refractivity (Wildman–Crippen MR) is 76.0 cm³/mol. The van der Waals surface area contributed by atoms with E-state index in [0.717, 1.165) is 0 Å². The minimum Gasteiger partial charge on any atom is -0.504 e. The van der Waals surface area contributed by atoms with Crippen molar-refractivity contribution in [2.75, 3.05) is 7.11 Å². The van der Waals surface area contributed by atoms with Crippen LogP contribution >= 0.6 is 0 Å². The van der Waals surface area contributed by atoms with E-state index in [1.54, 1.807) is 19.1 Å². The highest BCUT2D eigenvalue weighted by Crippen LogP contribution is 2.27. The molecule has 0 fully saturated rings. The maximum atomic E-state index is 12.3. The molecule has 0 bridgehead atoms. The van der Waals surface area contributed by atoms with Gasteiger partial charge in [-0.05, 0) is 36.8 Å². The molecule has 1 aromatic carbocycles. The average Bonchev–Trinajstić information content (AvgIpc) is 2.91. The predicted octanol–water partition coefficient (Wildman–Crippen LogP) is 3.09. The van der Waals surface area contributed by atoms with Gasteiger partial charge in [-0.2, -0.15) is 5.26 Å². The number of furan rings is 1. The summed E-state index contributed by atoms with van der Waals surface area (Å²) in [5.74, 6) is 0.318. The molecular weight excluding hydrogens is 270 g/mol. The van der Waals surface area contributed by atoms with E-state index in [4.69, 9.17) is 9.15 Å². The number of rotatable bonds is 4. The van der Waals surface area contributed by atoms with Gasteiger partial charge in [-0.15, -0.1) is 0 Å². The number of hydrogen-bond acceptors (Lipinski definition) is 5. The van der Waals surface area contributed by atoms with E-state index in [1.165, 1.54) is 31.6 Å². The van der Waals surface area contributed by atoms with Crippen LogP contribution < -0.4 is 4.74 Å². The van der Waals surface area contributed by atoms with E-state index in [2.05, 4.69) is 0 Å². The number of nitrogens with zero attached hydrogens (tertiary/aromatic N) is 1. The number of nitriles is 1. The van der Waals surface area contributed by atoms with E-state index in [-0.39, 0.29) is 17.1 Å². The Morgan fingerprint density at radius 1 is 1.43 bits per heavy atom. The number of aromatic hydroxyl groups is 1. The Morgan fingerprint density at radius 2 is 2.19 bits per heavy atom. The number of allylic oxidation sites excluding steroid dienone is 1. The molecule has 0 amide bonds. The third kappa shape index (κ3) is 2.95. The second-order valence-electron chi connectivity index (χ2n) is 4.32. The van der Waals surface area contributed by atoms with Crippen molar-refractivity contribution in [3.05, 3.63) is 53.0 Å². The molecule has 0 saturated heterocycles. The van der Waals surface area contributed by atoms with Crippen LogP contribution in [0.5, 0.6) is 11.5 Å². The molecule has 106 valence electrons. The van der Waals surface area contributed by atoms with Crippen LogP contribution in [0.25, 0.3) is 6.08 Å². The molecule has 1 N–H and O–H groups in total. The van der Waals surface area contributed by atoms with Crippen LogP contribution in [0.15, 0.2) is 40.5 Å². The Morgan fingerprint density at radius 3 is 2.76 bits per heavy atom. The summed E-state index contributed by atoms with van der Waals surface area (Å²) in [6.45, 7) is 1.66. The summed E-state index contributed by atoms with van der Waals surface area (Å²) in [7, 11) is 1.42. The van der Waals surface area contributed by atoms with Gasteiger partial charge in [-0.3, -0.25) is 4.79 Å². The molecule has 0 aliphatic heterocycles. The summed E-state index contributed by atoms with van der Waals surface area (Å²) in [6.07, 6.45) is 2.85. The Kier molecular flexibility index (Phi) is 4.10. The van der Waals surface area contributed by atoms with Gasteiger partial charge in [-0.1, -0.05) is 6.07 Å². The molecule has 0 aliphatic rings. The zero-order valence-corrected chi connectivity index (χ0v) is 11.6. The zero-order valence-electron chi connectivity index (χ0n) is 11.6. The molecule has 0 spiro atoms. The van der Waals surface area contributed by atoms with Gasteiger partial charge >= 0.3 is 0 Å². The van der Waals surface area contributed by atoms with Crippen molar-refractivity contribution in [3.63, 3.8) is 0 Å². The van der Waals surface area contributed by atoms with Crippen molar-refractivity contribution in [2.45, 2.75) is 6.92 Å². The van der Waals surface area contributed by atoms with Crippen LogP contribution in [-0.2, 0) is 0 Å². The maximum Gasteiger partial charge on any atom is 0.207 e. The number of ether oxygens (including phenoxy) is 1. The second kappa shape index (κ2) is 5.97. The van der Waals surface area contributed by atoms with E-state index in [9.17, 15) is 15.2 Å². The van der Waals surface area contributed by atoms with Crippen molar-refractivity contribution in [2.24, 2.45) is 0 Å². The molecule has 0 unspecified atom stereocenters. The minimum atomic E-state index is -0.407. The standard InChI is InChI=1S/C16H13NO4/c1-10-13(5-6-21-10)16(19)12(9-17)7-11-3-4-14(18)15(8-11)20-2/h3-8,18H,1-2H3/b12-7+. The molecule has 0 radical (unpaired) electrons. The topological polar surface area (TPSA) is 83.5 Å². The summed E-state index contributed by atoms with van der Waals surface area (Å²) >= 11 is 0. The fourth-order valence-electron chi connectivity index (χ4n) is 1.86. The number of ketones is 1. The number of methoxy groups -OCH3 is 1. The molecule has 0 atom stereocenters. The van der Waals surface area contributed by atoms with Crippen LogP contribution in [0.1, 0.15) is 21.7 Å². The molecule has 5 nitrogen and oxygen atoms in total. The molecular formula is C16H13NO4. The van der Waals surface area contributed by atoms with Gasteiger partial charge in [0.05, 0.1) is 18.9 Å². The number of phenolic OH excluding ortho intramolecular Hbond substituents is 1. The molecule has 0 aliphatic carbocycles. The smallest absolute Gasteiger partial charge is 0.207 e. The minimum absolute atomic E-state index is 0.00911.